The van der Waals surface area contributed by atoms with Crippen molar-refractivity contribution in [3.05, 3.63) is 76.6 Å². The zero-order chi connectivity index (χ0) is 20.4. The van der Waals surface area contributed by atoms with Crippen molar-refractivity contribution in [2.24, 2.45) is 11.8 Å². The number of hydrogen-bond acceptors (Lipinski definition) is 1. The van der Waals surface area contributed by atoms with E-state index in [9.17, 15) is 4.39 Å². The number of halogens is 1. The Morgan fingerprint density at radius 3 is 2.66 bits per heavy atom. The Hall–Kier alpha value is -2.09. The van der Waals surface area contributed by atoms with Gasteiger partial charge in [-0.2, -0.15) is 0 Å². The number of allylic oxidation sites excluding steroid dienone is 1. The van der Waals surface area contributed by atoms with Crippen LogP contribution in [0.2, 0.25) is 0 Å². The largest absolute Gasteiger partial charge is 0.364 e. The number of hydrogen-bond donors (Lipinski definition) is 0. The fraction of sp³-hybridized carbons (Fsp3) is 0.481. The van der Waals surface area contributed by atoms with Crippen molar-refractivity contribution in [3.8, 4) is 0 Å². The van der Waals surface area contributed by atoms with E-state index in [1.165, 1.54) is 47.1 Å². The molecule has 1 saturated carbocycles. The Balaban J connectivity index is 1.46. The Morgan fingerprint density at radius 1 is 1.14 bits per heavy atom. The number of benzene rings is 2. The van der Waals surface area contributed by atoms with Gasteiger partial charge in [0.05, 0.1) is 5.69 Å². The molecular formula is C27H34FN. The zero-order valence-electron chi connectivity index (χ0n) is 18.0. The molecule has 1 aliphatic carbocycles. The van der Waals surface area contributed by atoms with Crippen LogP contribution in [-0.2, 0) is 25.8 Å². The molecule has 0 saturated heterocycles. The van der Waals surface area contributed by atoms with Gasteiger partial charge in [-0.1, -0.05) is 56.0 Å². The van der Waals surface area contributed by atoms with Crippen LogP contribution in [0.5, 0.6) is 0 Å². The lowest BCUT2D eigenvalue weighted by molar-refractivity contribution is 0.314. The first-order chi connectivity index (χ1) is 14.0. The molecule has 0 radical (unpaired) electrons. The average Bonchev–Trinajstić information content (AvgIpc) is 2.65. The third-order valence-corrected chi connectivity index (χ3v) is 6.66. The molecule has 2 aromatic carbocycles. The average molecular weight is 392 g/mol. The van der Waals surface area contributed by atoms with E-state index in [2.05, 4.69) is 49.6 Å². The quantitative estimate of drug-likeness (QED) is 0.465. The highest BCUT2D eigenvalue weighted by Gasteiger charge is 2.22. The molecule has 0 aromatic heterocycles. The van der Waals surface area contributed by atoms with Crippen LogP contribution in [-0.4, -0.2) is 6.54 Å². The summed E-state index contributed by atoms with van der Waals surface area (Å²) in [7, 11) is 0. The maximum absolute atomic E-state index is 14.6. The monoisotopic (exact) mass is 391 g/mol. The first kappa shape index (κ1) is 20.2. The molecule has 0 N–H and O–H groups in total. The number of rotatable bonds is 7. The molecule has 2 heteroatoms. The van der Waals surface area contributed by atoms with Gasteiger partial charge in [-0.25, -0.2) is 4.39 Å². The molecule has 4 rings (SSSR count). The highest BCUT2D eigenvalue weighted by atomic mass is 19.1. The molecule has 1 fully saturated rings. The summed E-state index contributed by atoms with van der Waals surface area (Å²) < 4.78 is 14.6. The summed E-state index contributed by atoms with van der Waals surface area (Å²) in [5.41, 5.74) is 7.53. The van der Waals surface area contributed by atoms with E-state index >= 15 is 0 Å². The fourth-order valence-corrected chi connectivity index (χ4v) is 4.97. The normalized spacial score (nSPS) is 17.6. The van der Waals surface area contributed by atoms with E-state index < -0.39 is 0 Å². The Labute approximate surface area is 175 Å². The van der Waals surface area contributed by atoms with Crippen LogP contribution < -0.4 is 4.90 Å². The van der Waals surface area contributed by atoms with Crippen molar-refractivity contribution >= 4 is 5.69 Å². The predicted octanol–water partition coefficient (Wildman–Crippen LogP) is 6.88. The van der Waals surface area contributed by atoms with Crippen molar-refractivity contribution in [1.29, 1.82) is 0 Å². The molecule has 2 aromatic rings. The summed E-state index contributed by atoms with van der Waals surface area (Å²) in [6.07, 6.45) is 8.29. The topological polar surface area (TPSA) is 3.24 Å². The minimum absolute atomic E-state index is 0.0870. The molecule has 0 amide bonds. The molecule has 2 aliphatic rings. The molecular weight excluding hydrogens is 357 g/mol. The van der Waals surface area contributed by atoms with Gasteiger partial charge in [0.2, 0.25) is 0 Å². The van der Waals surface area contributed by atoms with E-state index in [4.69, 9.17) is 0 Å². The maximum Gasteiger partial charge on any atom is 0.146 e. The van der Waals surface area contributed by atoms with E-state index in [0.717, 1.165) is 50.4 Å². The summed E-state index contributed by atoms with van der Waals surface area (Å²) in [6, 6.07) is 12.7. The number of nitrogens with zero attached hydrogens (tertiary/aromatic N) is 1. The minimum Gasteiger partial charge on any atom is -0.364 e. The van der Waals surface area contributed by atoms with E-state index in [0.29, 0.717) is 5.92 Å². The third kappa shape index (κ3) is 4.91. The van der Waals surface area contributed by atoms with Gasteiger partial charge < -0.3 is 4.90 Å². The summed E-state index contributed by atoms with van der Waals surface area (Å²) in [5.74, 6) is 1.34. The van der Waals surface area contributed by atoms with Crippen LogP contribution in [0, 0.1) is 17.7 Å². The molecule has 154 valence electrons. The lowest BCUT2D eigenvalue weighted by Crippen LogP contribution is -2.31. The Bertz CT molecular complexity index is 880. The minimum atomic E-state index is -0.0870. The van der Waals surface area contributed by atoms with Crippen LogP contribution in [0.1, 0.15) is 61.8 Å². The molecule has 1 aliphatic heterocycles. The van der Waals surface area contributed by atoms with Crippen LogP contribution in [0.25, 0.3) is 0 Å². The summed E-state index contributed by atoms with van der Waals surface area (Å²) >= 11 is 0. The molecule has 0 bridgehead atoms. The molecule has 1 nitrogen and oxygen atoms in total. The maximum atomic E-state index is 14.6. The van der Waals surface area contributed by atoms with E-state index in [1.807, 2.05) is 6.07 Å². The zero-order valence-corrected chi connectivity index (χ0v) is 18.0. The van der Waals surface area contributed by atoms with Gasteiger partial charge in [-0.3, -0.25) is 0 Å². The van der Waals surface area contributed by atoms with Gasteiger partial charge in [0.25, 0.3) is 0 Å². The first-order valence-corrected chi connectivity index (χ1v) is 11.3. The van der Waals surface area contributed by atoms with E-state index in [1.54, 1.807) is 6.07 Å². The molecule has 0 spiro atoms. The highest BCUT2D eigenvalue weighted by Crippen LogP contribution is 2.33. The third-order valence-electron chi connectivity index (χ3n) is 6.66. The summed E-state index contributed by atoms with van der Waals surface area (Å²) in [4.78, 5) is 2.23. The smallest absolute Gasteiger partial charge is 0.146 e. The predicted molar refractivity (Wildman–Crippen MR) is 121 cm³/mol. The lowest BCUT2D eigenvalue weighted by atomic mass is 9.81. The standard InChI is InChI=1S/C27H34FN/c1-19(2)13-20(3)14-22-7-9-25-18-29(12-11-24(25)16-22)27-17-23(8-10-26(27)28)15-21-5-4-6-21/h7-10,16-17,20-21H,1,4-6,11-15,18H2,2-3H3. The Morgan fingerprint density at radius 2 is 1.93 bits per heavy atom. The second-order valence-corrected chi connectivity index (χ2v) is 9.53. The molecule has 1 atom stereocenters. The van der Waals surface area contributed by atoms with Crippen LogP contribution >= 0.6 is 0 Å². The number of anilines is 1. The highest BCUT2D eigenvalue weighted by molar-refractivity contribution is 5.53. The summed E-state index contributed by atoms with van der Waals surface area (Å²) in [5, 5.41) is 0. The van der Waals surface area contributed by atoms with Gasteiger partial charge in [-0.15, -0.1) is 6.58 Å². The van der Waals surface area contributed by atoms with Gasteiger partial charge in [0.15, 0.2) is 0 Å². The SMILES string of the molecule is C=C(C)CC(C)Cc1ccc2c(c1)CCN(c1cc(CC3CCC3)ccc1F)C2. The lowest BCUT2D eigenvalue weighted by Gasteiger charge is -2.32. The first-order valence-electron chi connectivity index (χ1n) is 11.3. The molecule has 1 heterocycles. The van der Waals surface area contributed by atoms with Crippen LogP contribution in [0.3, 0.4) is 0 Å². The molecule has 1 unspecified atom stereocenters. The van der Waals surface area contributed by atoms with Crippen molar-refractivity contribution < 1.29 is 4.39 Å². The van der Waals surface area contributed by atoms with Gasteiger partial charge >= 0.3 is 0 Å². The second kappa shape index (κ2) is 8.73. The summed E-state index contributed by atoms with van der Waals surface area (Å²) in [6.45, 7) is 10.2. The van der Waals surface area contributed by atoms with Gasteiger partial charge in [-0.05, 0) is 78.8 Å². The van der Waals surface area contributed by atoms with Crippen LogP contribution in [0.15, 0.2) is 48.6 Å². The van der Waals surface area contributed by atoms with Crippen molar-refractivity contribution in [1.82, 2.24) is 0 Å². The Kier molecular flexibility index (Phi) is 6.08. The van der Waals surface area contributed by atoms with Gasteiger partial charge in [0.1, 0.15) is 5.82 Å². The van der Waals surface area contributed by atoms with Crippen molar-refractivity contribution in [2.75, 3.05) is 11.4 Å². The second-order valence-electron chi connectivity index (χ2n) is 9.53. The van der Waals surface area contributed by atoms with E-state index in [-0.39, 0.29) is 5.82 Å². The van der Waals surface area contributed by atoms with Crippen molar-refractivity contribution in [3.63, 3.8) is 0 Å². The van der Waals surface area contributed by atoms with Gasteiger partial charge in [0, 0.05) is 13.1 Å². The van der Waals surface area contributed by atoms with Crippen molar-refractivity contribution in [2.45, 2.75) is 65.3 Å². The fourth-order valence-electron chi connectivity index (χ4n) is 4.97. The molecule has 29 heavy (non-hydrogen) atoms. The van der Waals surface area contributed by atoms with Crippen LogP contribution in [0.4, 0.5) is 10.1 Å². The number of fused-ring (bicyclic) bond motifs is 1.